The number of nitrogens with two attached hydrogens (primary N) is 1. The van der Waals surface area contributed by atoms with E-state index in [9.17, 15) is 5.11 Å². The predicted molar refractivity (Wildman–Crippen MR) is 113 cm³/mol. The molecule has 0 atom stereocenters. The maximum Gasteiger partial charge on any atom is 0.144 e. The molecule has 0 aliphatic rings. The van der Waals surface area contributed by atoms with Gasteiger partial charge in [-0.1, -0.05) is 29.2 Å². The number of benzene rings is 3. The van der Waals surface area contributed by atoms with Crippen LogP contribution in [0.1, 0.15) is 16.7 Å². The van der Waals surface area contributed by atoms with Gasteiger partial charge in [0.2, 0.25) is 0 Å². The minimum atomic E-state index is -0.0439. The first-order chi connectivity index (χ1) is 14.1. The summed E-state index contributed by atoms with van der Waals surface area (Å²) in [7, 11) is 1.52. The minimum Gasteiger partial charge on any atom is -0.508 e. The molecule has 3 aromatic carbocycles. The van der Waals surface area contributed by atoms with Gasteiger partial charge in [0.15, 0.2) is 0 Å². The molecule has 0 bridgehead atoms. The fourth-order valence-corrected chi connectivity index (χ4v) is 2.43. The van der Waals surface area contributed by atoms with Crippen LogP contribution in [0.5, 0.6) is 11.5 Å². The van der Waals surface area contributed by atoms with Crippen LogP contribution in [-0.2, 0) is 0 Å². The molecule has 3 aromatic rings. The van der Waals surface area contributed by atoms with E-state index in [1.807, 2.05) is 24.3 Å². The first-order valence-electron chi connectivity index (χ1n) is 8.66. The molecule has 0 saturated heterocycles. The number of nitrogen functional groups attached to an aromatic ring is 1. The molecule has 0 heterocycles. The van der Waals surface area contributed by atoms with Crippen molar-refractivity contribution < 1.29 is 9.84 Å². The zero-order valence-corrected chi connectivity index (χ0v) is 15.7. The summed E-state index contributed by atoms with van der Waals surface area (Å²) in [5, 5.41) is 25.1. The zero-order valence-electron chi connectivity index (χ0n) is 15.7. The highest BCUT2D eigenvalue weighted by atomic mass is 16.5. The molecule has 0 amide bonds. The number of amidine groups is 1. The smallest absolute Gasteiger partial charge is 0.144 e. The van der Waals surface area contributed by atoms with E-state index in [2.05, 4.69) is 27.6 Å². The minimum absolute atomic E-state index is 0.0439. The quantitative estimate of drug-likeness (QED) is 0.173. The maximum absolute atomic E-state index is 9.35. The topological polar surface area (TPSA) is 116 Å². The molecule has 0 saturated carbocycles. The number of nitrogens with one attached hydrogen (secondary N) is 2. The van der Waals surface area contributed by atoms with Crippen molar-refractivity contribution in [2.45, 2.75) is 0 Å². The van der Waals surface area contributed by atoms with Gasteiger partial charge in [-0.05, 0) is 54.6 Å². The van der Waals surface area contributed by atoms with Crippen molar-refractivity contribution in [2.24, 2.45) is 16.1 Å². The van der Waals surface area contributed by atoms with Gasteiger partial charge in [-0.3, -0.25) is 10.8 Å². The van der Waals surface area contributed by atoms with Crippen LogP contribution in [0.2, 0.25) is 0 Å². The third kappa shape index (κ3) is 5.11. The Morgan fingerprint density at radius 3 is 2.55 bits per heavy atom. The predicted octanol–water partition coefficient (Wildman–Crippen LogP) is 4.20. The van der Waals surface area contributed by atoms with Crippen LogP contribution in [0.3, 0.4) is 0 Å². The Morgan fingerprint density at radius 2 is 1.83 bits per heavy atom. The number of hydrogen-bond acceptors (Lipinski definition) is 5. The van der Waals surface area contributed by atoms with Crippen LogP contribution in [0, 0.1) is 17.3 Å². The molecule has 7 nitrogen and oxygen atoms in total. The third-order valence-corrected chi connectivity index (χ3v) is 3.95. The van der Waals surface area contributed by atoms with Crippen molar-refractivity contribution in [1.82, 2.24) is 0 Å². The van der Waals surface area contributed by atoms with Gasteiger partial charge in [-0.15, -0.1) is 5.11 Å². The van der Waals surface area contributed by atoms with Crippen LogP contribution in [0.15, 0.2) is 77.1 Å². The normalized spacial score (nSPS) is 10.2. The Morgan fingerprint density at radius 1 is 1.07 bits per heavy atom. The SMILES string of the molecule is COc1cc(C(=N)N)ccc1NN=Nc1ccccc1C#Cc1ccc(O)cc1. The van der Waals surface area contributed by atoms with E-state index in [1.165, 1.54) is 7.11 Å². The lowest BCUT2D eigenvalue weighted by atomic mass is 10.1. The van der Waals surface area contributed by atoms with Crippen LogP contribution in [0.25, 0.3) is 0 Å². The number of anilines is 1. The van der Waals surface area contributed by atoms with Crippen LogP contribution >= 0.6 is 0 Å². The average molecular weight is 385 g/mol. The average Bonchev–Trinajstić information content (AvgIpc) is 2.74. The molecule has 0 unspecified atom stereocenters. The van der Waals surface area contributed by atoms with E-state index in [-0.39, 0.29) is 11.6 Å². The van der Waals surface area contributed by atoms with Gasteiger partial charge in [-0.25, -0.2) is 0 Å². The number of ether oxygens (including phenoxy) is 1. The van der Waals surface area contributed by atoms with Crippen molar-refractivity contribution in [3.8, 4) is 23.3 Å². The highest BCUT2D eigenvalue weighted by Gasteiger charge is 2.05. The molecule has 5 N–H and O–H groups in total. The summed E-state index contributed by atoms with van der Waals surface area (Å²) in [6, 6.07) is 19.1. The number of methoxy groups -OCH3 is 1. The van der Waals surface area contributed by atoms with Gasteiger partial charge in [0.05, 0.1) is 18.4 Å². The standard InChI is InChI=1S/C22H19N5O2/c1-29-21-14-17(22(23)24)10-13-20(21)26-27-25-19-5-3-2-4-16(19)9-6-15-7-11-18(28)12-8-15/h2-5,7-8,10-14,28H,1H3,(H3,23,24)(H,25,26). The fourth-order valence-electron chi connectivity index (χ4n) is 2.43. The Balaban J connectivity index is 1.79. The lowest BCUT2D eigenvalue weighted by Crippen LogP contribution is -2.11. The molecule has 0 radical (unpaired) electrons. The molecule has 0 aromatic heterocycles. The van der Waals surface area contributed by atoms with Crippen molar-refractivity contribution in [3.05, 3.63) is 83.4 Å². The number of phenols is 1. The molecule has 0 spiro atoms. The molecule has 29 heavy (non-hydrogen) atoms. The van der Waals surface area contributed by atoms with Crippen molar-refractivity contribution in [3.63, 3.8) is 0 Å². The summed E-state index contributed by atoms with van der Waals surface area (Å²) in [4.78, 5) is 0. The number of aromatic hydroxyl groups is 1. The van der Waals surface area contributed by atoms with Crippen molar-refractivity contribution in [2.75, 3.05) is 12.5 Å². The third-order valence-electron chi connectivity index (χ3n) is 3.95. The van der Waals surface area contributed by atoms with E-state index < -0.39 is 0 Å². The number of nitrogens with zero attached hydrogens (tertiary/aromatic N) is 2. The molecule has 0 fully saturated rings. The van der Waals surface area contributed by atoms with Crippen LogP contribution < -0.4 is 15.9 Å². The highest BCUT2D eigenvalue weighted by Crippen LogP contribution is 2.26. The lowest BCUT2D eigenvalue weighted by molar-refractivity contribution is 0.416. The van der Waals surface area contributed by atoms with E-state index in [4.69, 9.17) is 15.9 Å². The Labute approximate surface area is 168 Å². The van der Waals surface area contributed by atoms with Gasteiger partial charge in [-0.2, -0.15) is 0 Å². The van der Waals surface area contributed by atoms with Crippen LogP contribution in [0.4, 0.5) is 11.4 Å². The second-order valence-corrected chi connectivity index (χ2v) is 5.95. The van der Waals surface area contributed by atoms with Gasteiger partial charge in [0, 0.05) is 11.1 Å². The fraction of sp³-hybridized carbons (Fsp3) is 0.0455. The van der Waals surface area contributed by atoms with Gasteiger partial charge < -0.3 is 15.6 Å². The molecule has 0 aliphatic heterocycles. The number of phenolic OH excluding ortho intramolecular Hbond substituents is 1. The van der Waals surface area contributed by atoms with E-state index in [0.717, 1.165) is 5.56 Å². The van der Waals surface area contributed by atoms with Gasteiger partial charge in [0.25, 0.3) is 0 Å². The summed E-state index contributed by atoms with van der Waals surface area (Å²) in [5.41, 5.74) is 11.6. The van der Waals surface area contributed by atoms with Gasteiger partial charge in [0.1, 0.15) is 23.0 Å². The Hall–Kier alpha value is -4.31. The highest BCUT2D eigenvalue weighted by molar-refractivity contribution is 5.96. The van der Waals surface area contributed by atoms with Crippen molar-refractivity contribution >= 4 is 17.2 Å². The summed E-state index contributed by atoms with van der Waals surface area (Å²) in [5.74, 6) is 6.75. The monoisotopic (exact) mass is 385 g/mol. The molecule has 144 valence electrons. The van der Waals surface area contributed by atoms with E-state index in [1.54, 1.807) is 42.5 Å². The first kappa shape index (κ1) is 19.5. The molecule has 3 rings (SSSR count). The summed E-state index contributed by atoms with van der Waals surface area (Å²) in [6.45, 7) is 0. The second kappa shape index (κ2) is 9.06. The largest absolute Gasteiger partial charge is 0.508 e. The summed E-state index contributed by atoms with van der Waals surface area (Å²) >= 11 is 0. The second-order valence-electron chi connectivity index (χ2n) is 5.95. The number of hydrogen-bond donors (Lipinski definition) is 4. The van der Waals surface area contributed by atoms with Gasteiger partial charge >= 0.3 is 0 Å². The summed E-state index contributed by atoms with van der Waals surface area (Å²) < 4.78 is 5.30. The first-order valence-corrected chi connectivity index (χ1v) is 8.66. The maximum atomic E-state index is 9.35. The Kier molecular flexibility index (Phi) is 6.08. The lowest BCUT2D eigenvalue weighted by Gasteiger charge is -2.08. The number of rotatable bonds is 5. The van der Waals surface area contributed by atoms with E-state index >= 15 is 0 Å². The Bertz CT molecular complexity index is 1110. The molecular formula is C22H19N5O2. The zero-order chi connectivity index (χ0) is 20.6. The van der Waals surface area contributed by atoms with Crippen LogP contribution in [-0.4, -0.2) is 18.1 Å². The molecule has 0 aliphatic carbocycles. The molecule has 7 heteroatoms. The van der Waals surface area contributed by atoms with Crippen molar-refractivity contribution in [1.29, 1.82) is 5.41 Å². The molecular weight excluding hydrogens is 366 g/mol. The summed E-state index contributed by atoms with van der Waals surface area (Å²) in [6.07, 6.45) is 0. The van der Waals surface area contributed by atoms with E-state index in [0.29, 0.717) is 28.3 Å².